The predicted molar refractivity (Wildman–Crippen MR) is 58.5 cm³/mol. The van der Waals surface area contributed by atoms with Crippen LogP contribution in [-0.4, -0.2) is 42.8 Å². The summed E-state index contributed by atoms with van der Waals surface area (Å²) in [5, 5.41) is 17.6. The molecule has 0 saturated heterocycles. The molecule has 15 heavy (non-hydrogen) atoms. The molecule has 0 saturated carbocycles. The lowest BCUT2D eigenvalue weighted by Crippen LogP contribution is -2.15. The third-order valence-corrected chi connectivity index (χ3v) is 1.88. The molecule has 0 aliphatic carbocycles. The molecule has 1 atom stereocenters. The van der Waals surface area contributed by atoms with E-state index in [9.17, 15) is 0 Å². The second-order valence-electron chi connectivity index (χ2n) is 3.10. The molecule has 82 valence electrons. The maximum Gasteiger partial charge on any atom is 0.118 e. The molecule has 0 heterocycles. The number of hydrogen-bond donors (Lipinski definition) is 2. The number of nitrogens with zero attached hydrogens (tertiary/aromatic N) is 1. The van der Waals surface area contributed by atoms with Crippen molar-refractivity contribution in [3.05, 3.63) is 29.8 Å². The summed E-state index contributed by atoms with van der Waals surface area (Å²) in [6, 6.07) is 7.41. The normalized spacial score (nSPS) is 13.0. The third kappa shape index (κ3) is 4.10. The van der Waals surface area contributed by atoms with Crippen LogP contribution in [0.1, 0.15) is 5.56 Å². The minimum atomic E-state index is -0.778. The highest BCUT2D eigenvalue weighted by atomic mass is 16.5. The van der Waals surface area contributed by atoms with Crippen LogP contribution in [0.4, 0.5) is 0 Å². The van der Waals surface area contributed by atoms with E-state index < -0.39 is 6.10 Å². The number of aliphatic hydroxyl groups excluding tert-OH is 2. The van der Waals surface area contributed by atoms with Crippen LogP contribution in [0.2, 0.25) is 0 Å². The second-order valence-corrected chi connectivity index (χ2v) is 3.10. The molecule has 4 heteroatoms. The molecule has 0 radical (unpaired) electrons. The van der Waals surface area contributed by atoms with Gasteiger partial charge in [0.25, 0.3) is 0 Å². The third-order valence-electron chi connectivity index (χ3n) is 1.88. The molecule has 1 aromatic rings. The van der Waals surface area contributed by atoms with Crippen LogP contribution in [0, 0.1) is 0 Å². The van der Waals surface area contributed by atoms with Crippen LogP contribution in [0.3, 0.4) is 0 Å². The highest BCUT2D eigenvalue weighted by Gasteiger charge is 1.97. The summed E-state index contributed by atoms with van der Waals surface area (Å²) in [5.74, 6) is 0.794. The highest BCUT2D eigenvalue weighted by molar-refractivity contribution is 5.79. The molecule has 1 rings (SSSR count). The van der Waals surface area contributed by atoms with Crippen molar-refractivity contribution in [2.45, 2.75) is 6.10 Å². The Hall–Kier alpha value is -1.39. The van der Waals surface area contributed by atoms with Crippen molar-refractivity contribution in [1.82, 2.24) is 0 Å². The van der Waals surface area contributed by atoms with Gasteiger partial charge in [0, 0.05) is 6.21 Å². The van der Waals surface area contributed by atoms with Gasteiger partial charge in [0.15, 0.2) is 0 Å². The Kier molecular flexibility index (Phi) is 4.80. The Morgan fingerprint density at radius 1 is 1.40 bits per heavy atom. The van der Waals surface area contributed by atoms with Crippen LogP contribution >= 0.6 is 0 Å². The number of aliphatic imine (C=N–C) groups is 1. The molecule has 2 N–H and O–H groups in total. The molecule has 0 amide bonds. The molecular formula is C11H15NO3. The predicted octanol–water partition coefficient (Wildman–Crippen LogP) is 0.467. The van der Waals surface area contributed by atoms with Gasteiger partial charge in [-0.1, -0.05) is 0 Å². The van der Waals surface area contributed by atoms with Crippen LogP contribution in [-0.2, 0) is 0 Å². The number of benzene rings is 1. The van der Waals surface area contributed by atoms with E-state index in [-0.39, 0.29) is 13.2 Å². The molecule has 0 aliphatic rings. The van der Waals surface area contributed by atoms with Crippen LogP contribution in [0.25, 0.3) is 0 Å². The van der Waals surface area contributed by atoms with E-state index in [1.165, 1.54) is 0 Å². The first-order valence-corrected chi connectivity index (χ1v) is 4.69. The van der Waals surface area contributed by atoms with Crippen molar-refractivity contribution in [1.29, 1.82) is 0 Å². The lowest BCUT2D eigenvalue weighted by molar-refractivity contribution is 0.102. The summed E-state index contributed by atoms with van der Waals surface area (Å²) >= 11 is 0. The number of ether oxygens (including phenoxy) is 1. The van der Waals surface area contributed by atoms with Crippen molar-refractivity contribution in [2.24, 2.45) is 4.99 Å². The lowest BCUT2D eigenvalue weighted by Gasteiger charge is -2.01. The topological polar surface area (TPSA) is 62.0 Å². The summed E-state index contributed by atoms with van der Waals surface area (Å²) in [6.45, 7) is -0.0531. The maximum atomic E-state index is 9.03. The Morgan fingerprint density at radius 3 is 2.60 bits per heavy atom. The Balaban J connectivity index is 2.49. The van der Waals surface area contributed by atoms with Gasteiger partial charge in [0.2, 0.25) is 0 Å². The first-order valence-electron chi connectivity index (χ1n) is 4.69. The first kappa shape index (κ1) is 11.7. The van der Waals surface area contributed by atoms with Gasteiger partial charge in [-0.2, -0.15) is 0 Å². The number of hydrogen-bond acceptors (Lipinski definition) is 4. The van der Waals surface area contributed by atoms with E-state index >= 15 is 0 Å². The van der Waals surface area contributed by atoms with Gasteiger partial charge < -0.3 is 14.9 Å². The highest BCUT2D eigenvalue weighted by Crippen LogP contribution is 2.09. The molecule has 4 nitrogen and oxygen atoms in total. The fourth-order valence-corrected chi connectivity index (χ4v) is 1.03. The van der Waals surface area contributed by atoms with Crippen molar-refractivity contribution >= 4 is 6.21 Å². The molecular weight excluding hydrogens is 194 g/mol. The van der Waals surface area contributed by atoms with E-state index in [1.54, 1.807) is 13.3 Å². The molecule has 0 aliphatic heterocycles. The van der Waals surface area contributed by atoms with Crippen molar-refractivity contribution in [3.8, 4) is 5.75 Å². The first-order chi connectivity index (χ1) is 7.26. The van der Waals surface area contributed by atoms with Gasteiger partial charge >= 0.3 is 0 Å². The van der Waals surface area contributed by atoms with Gasteiger partial charge in [-0.05, 0) is 29.8 Å². The average Bonchev–Trinajstić information content (AvgIpc) is 2.29. The van der Waals surface area contributed by atoms with Crippen molar-refractivity contribution in [2.75, 3.05) is 20.3 Å². The monoisotopic (exact) mass is 209 g/mol. The summed E-state index contributed by atoms with van der Waals surface area (Å²) in [5.41, 5.74) is 0.931. The minimum absolute atomic E-state index is 0.211. The zero-order chi connectivity index (χ0) is 11.1. The molecule has 0 aromatic heterocycles. The standard InChI is InChI=1S/C11H15NO3/c1-15-11-4-2-9(3-5-11)6-12-7-10(14)8-13/h2-6,10,13-14H,7-8H2,1H3. The largest absolute Gasteiger partial charge is 0.497 e. The van der Waals surface area contributed by atoms with Gasteiger partial charge in [0.1, 0.15) is 5.75 Å². The van der Waals surface area contributed by atoms with Gasteiger partial charge in [0.05, 0.1) is 26.4 Å². The molecule has 0 bridgehead atoms. The van der Waals surface area contributed by atoms with Crippen LogP contribution in [0.15, 0.2) is 29.3 Å². The van der Waals surface area contributed by atoms with Gasteiger partial charge in [-0.3, -0.25) is 4.99 Å². The summed E-state index contributed by atoms with van der Waals surface area (Å²) < 4.78 is 5.01. The number of methoxy groups -OCH3 is 1. The Morgan fingerprint density at radius 2 is 2.07 bits per heavy atom. The second kappa shape index (κ2) is 6.16. The zero-order valence-corrected chi connectivity index (χ0v) is 8.63. The number of rotatable bonds is 5. The van der Waals surface area contributed by atoms with E-state index in [0.29, 0.717) is 0 Å². The quantitative estimate of drug-likeness (QED) is 0.693. The minimum Gasteiger partial charge on any atom is -0.497 e. The van der Waals surface area contributed by atoms with E-state index in [2.05, 4.69) is 4.99 Å². The van der Waals surface area contributed by atoms with Gasteiger partial charge in [-0.25, -0.2) is 0 Å². The fourth-order valence-electron chi connectivity index (χ4n) is 1.03. The van der Waals surface area contributed by atoms with E-state index in [1.807, 2.05) is 24.3 Å². The molecule has 1 aromatic carbocycles. The van der Waals surface area contributed by atoms with Crippen LogP contribution < -0.4 is 4.74 Å². The number of aliphatic hydroxyl groups is 2. The summed E-state index contributed by atoms with van der Waals surface area (Å²) in [4.78, 5) is 3.99. The SMILES string of the molecule is COc1ccc(C=NCC(O)CO)cc1. The summed E-state index contributed by atoms with van der Waals surface area (Å²) in [7, 11) is 1.61. The van der Waals surface area contributed by atoms with Crippen molar-refractivity contribution in [3.63, 3.8) is 0 Å². The smallest absolute Gasteiger partial charge is 0.118 e. The fraction of sp³-hybridized carbons (Fsp3) is 0.364. The van der Waals surface area contributed by atoms with E-state index in [4.69, 9.17) is 14.9 Å². The van der Waals surface area contributed by atoms with Crippen molar-refractivity contribution < 1.29 is 14.9 Å². The molecule has 0 spiro atoms. The summed E-state index contributed by atoms with van der Waals surface area (Å²) in [6.07, 6.45) is 0.873. The average molecular weight is 209 g/mol. The zero-order valence-electron chi connectivity index (χ0n) is 8.63. The van der Waals surface area contributed by atoms with E-state index in [0.717, 1.165) is 11.3 Å². The molecule has 0 fully saturated rings. The van der Waals surface area contributed by atoms with Crippen LogP contribution in [0.5, 0.6) is 5.75 Å². The Labute approximate surface area is 88.9 Å². The lowest BCUT2D eigenvalue weighted by atomic mass is 10.2. The Bertz CT molecular complexity index is 308. The van der Waals surface area contributed by atoms with Gasteiger partial charge in [-0.15, -0.1) is 0 Å². The molecule has 1 unspecified atom stereocenters. The maximum absolute atomic E-state index is 9.03.